The number of aromatic nitrogens is 3. The molecule has 17 heavy (non-hydrogen) atoms. The van der Waals surface area contributed by atoms with Gasteiger partial charge in [-0.15, -0.1) is 5.10 Å². The lowest BCUT2D eigenvalue weighted by Gasteiger charge is -2.06. The zero-order chi connectivity index (χ0) is 11.7. The van der Waals surface area contributed by atoms with Gasteiger partial charge in [0.15, 0.2) is 0 Å². The average Bonchev–Trinajstić information content (AvgIpc) is 2.76. The summed E-state index contributed by atoms with van der Waals surface area (Å²) in [6, 6.07) is 6.10. The minimum Gasteiger partial charge on any atom is -0.437 e. The van der Waals surface area contributed by atoms with Gasteiger partial charge in [0.1, 0.15) is 11.9 Å². The van der Waals surface area contributed by atoms with E-state index < -0.39 is 0 Å². The Bertz CT molecular complexity index is 559. The molecular weight excluding hydrogens is 238 g/mol. The van der Waals surface area contributed by atoms with Crippen molar-refractivity contribution in [3.05, 3.63) is 40.8 Å². The first-order valence-corrected chi connectivity index (χ1v) is 5.84. The quantitative estimate of drug-likeness (QED) is 0.819. The van der Waals surface area contributed by atoms with Crippen molar-refractivity contribution in [2.45, 2.75) is 19.3 Å². The molecule has 0 aliphatic heterocycles. The summed E-state index contributed by atoms with van der Waals surface area (Å²) in [7, 11) is 0. The SMILES string of the molecule is Clc1nncc(Oc2ccc3c(c2)CCC3)n1. The van der Waals surface area contributed by atoms with Crippen LogP contribution in [-0.2, 0) is 12.8 Å². The van der Waals surface area contributed by atoms with Crippen LogP contribution in [0, 0.1) is 0 Å². The van der Waals surface area contributed by atoms with Crippen LogP contribution in [0.4, 0.5) is 0 Å². The molecule has 1 aromatic heterocycles. The second-order valence-electron chi connectivity index (χ2n) is 3.95. The maximum Gasteiger partial charge on any atom is 0.246 e. The first-order chi connectivity index (χ1) is 8.31. The molecule has 0 fully saturated rings. The molecule has 5 heteroatoms. The normalized spacial score (nSPS) is 13.5. The molecule has 0 bridgehead atoms. The van der Waals surface area contributed by atoms with Crippen LogP contribution in [-0.4, -0.2) is 15.2 Å². The third-order valence-electron chi connectivity index (χ3n) is 2.80. The maximum absolute atomic E-state index is 5.64. The molecule has 0 N–H and O–H groups in total. The summed E-state index contributed by atoms with van der Waals surface area (Å²) in [5.41, 5.74) is 2.77. The van der Waals surface area contributed by atoms with Crippen LogP contribution in [0.5, 0.6) is 11.6 Å². The Kier molecular flexibility index (Phi) is 2.65. The van der Waals surface area contributed by atoms with Gasteiger partial charge >= 0.3 is 0 Å². The van der Waals surface area contributed by atoms with Crippen molar-refractivity contribution in [3.8, 4) is 11.6 Å². The van der Waals surface area contributed by atoms with Gasteiger partial charge in [-0.2, -0.15) is 10.1 Å². The van der Waals surface area contributed by atoms with Crippen LogP contribution in [0.25, 0.3) is 0 Å². The molecule has 1 heterocycles. The lowest BCUT2D eigenvalue weighted by Crippen LogP contribution is -1.93. The van der Waals surface area contributed by atoms with E-state index in [0.717, 1.165) is 18.6 Å². The topological polar surface area (TPSA) is 47.9 Å². The molecule has 0 spiro atoms. The first kappa shape index (κ1) is 10.5. The molecule has 1 aliphatic rings. The van der Waals surface area contributed by atoms with Crippen LogP contribution in [0.3, 0.4) is 0 Å². The fourth-order valence-corrected chi connectivity index (χ4v) is 2.18. The molecular formula is C12H10ClN3O. The molecule has 0 saturated carbocycles. The number of halogens is 1. The van der Waals surface area contributed by atoms with E-state index in [0.29, 0.717) is 5.88 Å². The summed E-state index contributed by atoms with van der Waals surface area (Å²) in [4.78, 5) is 3.93. The standard InChI is InChI=1S/C12H10ClN3O/c13-12-15-11(7-14-16-12)17-10-5-4-8-2-1-3-9(8)6-10/h4-7H,1-3H2. The smallest absolute Gasteiger partial charge is 0.246 e. The highest BCUT2D eigenvalue weighted by atomic mass is 35.5. The fourth-order valence-electron chi connectivity index (χ4n) is 2.05. The number of aryl methyl sites for hydroxylation is 2. The maximum atomic E-state index is 5.64. The zero-order valence-electron chi connectivity index (χ0n) is 9.06. The molecule has 0 unspecified atom stereocenters. The molecule has 1 aromatic carbocycles. The highest BCUT2D eigenvalue weighted by Gasteiger charge is 2.11. The number of nitrogens with zero attached hydrogens (tertiary/aromatic N) is 3. The summed E-state index contributed by atoms with van der Waals surface area (Å²) in [6.07, 6.45) is 4.95. The molecule has 0 radical (unpaired) electrons. The van der Waals surface area contributed by atoms with Gasteiger partial charge in [0.25, 0.3) is 0 Å². The number of hydrogen-bond donors (Lipinski definition) is 0. The Balaban J connectivity index is 1.86. The van der Waals surface area contributed by atoms with E-state index in [-0.39, 0.29) is 5.28 Å². The second kappa shape index (κ2) is 4.30. The van der Waals surface area contributed by atoms with Gasteiger partial charge in [-0.1, -0.05) is 6.07 Å². The fraction of sp³-hybridized carbons (Fsp3) is 0.250. The van der Waals surface area contributed by atoms with Gasteiger partial charge < -0.3 is 4.74 Å². The van der Waals surface area contributed by atoms with Gasteiger partial charge in [-0.3, -0.25) is 0 Å². The largest absolute Gasteiger partial charge is 0.437 e. The number of rotatable bonds is 2. The molecule has 3 rings (SSSR count). The molecule has 0 saturated heterocycles. The van der Waals surface area contributed by atoms with Crippen LogP contribution >= 0.6 is 11.6 Å². The van der Waals surface area contributed by atoms with E-state index in [2.05, 4.69) is 27.3 Å². The third-order valence-corrected chi connectivity index (χ3v) is 2.96. The summed E-state index contributed by atoms with van der Waals surface area (Å²) in [6.45, 7) is 0. The Morgan fingerprint density at radius 1 is 1.18 bits per heavy atom. The molecule has 0 atom stereocenters. The van der Waals surface area contributed by atoms with Crippen LogP contribution in [0.1, 0.15) is 17.5 Å². The van der Waals surface area contributed by atoms with Crippen molar-refractivity contribution in [1.82, 2.24) is 15.2 Å². The average molecular weight is 248 g/mol. The zero-order valence-corrected chi connectivity index (χ0v) is 9.81. The van der Waals surface area contributed by atoms with Crippen LogP contribution in [0.2, 0.25) is 5.28 Å². The van der Waals surface area contributed by atoms with Crippen molar-refractivity contribution in [3.63, 3.8) is 0 Å². The monoisotopic (exact) mass is 247 g/mol. The number of ether oxygens (including phenoxy) is 1. The highest BCUT2D eigenvalue weighted by Crippen LogP contribution is 2.28. The van der Waals surface area contributed by atoms with Gasteiger partial charge in [-0.05, 0) is 54.1 Å². The van der Waals surface area contributed by atoms with Gasteiger partial charge in [-0.25, -0.2) is 0 Å². The van der Waals surface area contributed by atoms with Gasteiger partial charge in [0.2, 0.25) is 11.2 Å². The molecule has 0 amide bonds. The Morgan fingerprint density at radius 2 is 2.06 bits per heavy atom. The van der Waals surface area contributed by atoms with Crippen molar-refractivity contribution >= 4 is 11.6 Å². The Morgan fingerprint density at radius 3 is 2.94 bits per heavy atom. The van der Waals surface area contributed by atoms with Gasteiger partial charge in [0.05, 0.1) is 0 Å². The third kappa shape index (κ3) is 2.22. The highest BCUT2D eigenvalue weighted by molar-refractivity contribution is 6.28. The van der Waals surface area contributed by atoms with E-state index in [4.69, 9.17) is 16.3 Å². The van der Waals surface area contributed by atoms with Crippen molar-refractivity contribution in [2.75, 3.05) is 0 Å². The second-order valence-corrected chi connectivity index (χ2v) is 4.29. The van der Waals surface area contributed by atoms with E-state index in [1.807, 2.05) is 6.07 Å². The van der Waals surface area contributed by atoms with E-state index in [1.165, 1.54) is 23.7 Å². The van der Waals surface area contributed by atoms with E-state index >= 15 is 0 Å². The number of fused-ring (bicyclic) bond motifs is 1. The minimum atomic E-state index is 0.0867. The first-order valence-electron chi connectivity index (χ1n) is 5.46. The van der Waals surface area contributed by atoms with E-state index in [9.17, 15) is 0 Å². The lowest BCUT2D eigenvalue weighted by atomic mass is 10.1. The Labute approximate surface area is 104 Å². The lowest BCUT2D eigenvalue weighted by molar-refractivity contribution is 0.456. The molecule has 1 aliphatic carbocycles. The summed E-state index contributed by atoms with van der Waals surface area (Å²) < 4.78 is 5.59. The van der Waals surface area contributed by atoms with Crippen LogP contribution < -0.4 is 4.74 Å². The molecule has 4 nitrogen and oxygen atoms in total. The predicted molar refractivity (Wildman–Crippen MR) is 63.4 cm³/mol. The summed E-state index contributed by atoms with van der Waals surface area (Å²) >= 11 is 5.64. The predicted octanol–water partition coefficient (Wildman–Crippen LogP) is 2.81. The molecule has 2 aromatic rings. The Hall–Kier alpha value is -1.68. The van der Waals surface area contributed by atoms with E-state index in [1.54, 1.807) is 0 Å². The van der Waals surface area contributed by atoms with Crippen molar-refractivity contribution in [2.24, 2.45) is 0 Å². The minimum absolute atomic E-state index is 0.0867. The number of hydrogen-bond acceptors (Lipinski definition) is 4. The molecule has 86 valence electrons. The van der Waals surface area contributed by atoms with Gasteiger partial charge in [0, 0.05) is 0 Å². The summed E-state index contributed by atoms with van der Waals surface area (Å²) in [5, 5.41) is 7.33. The van der Waals surface area contributed by atoms with Crippen LogP contribution in [0.15, 0.2) is 24.4 Å². The number of benzene rings is 1. The summed E-state index contributed by atoms with van der Waals surface area (Å²) in [5.74, 6) is 1.13. The van der Waals surface area contributed by atoms with Crippen molar-refractivity contribution in [1.29, 1.82) is 0 Å². The van der Waals surface area contributed by atoms with Crippen molar-refractivity contribution < 1.29 is 4.74 Å².